The number of hydrogen-bond acceptors (Lipinski definition) is 3. The quantitative estimate of drug-likeness (QED) is 0.398. The van der Waals surface area contributed by atoms with Crippen LogP contribution in [0.25, 0.3) is 0 Å². The molecule has 74 valence electrons. The molecule has 1 heterocycles. The van der Waals surface area contributed by atoms with Crippen LogP contribution in [0.5, 0.6) is 0 Å². The topological polar surface area (TPSA) is 63.6 Å². The third-order valence-corrected chi connectivity index (χ3v) is 2.25. The molecule has 1 saturated heterocycles. The molecule has 1 rings (SSSR count). The maximum Gasteiger partial charge on any atom is 0.324 e. The minimum Gasteiger partial charge on any atom is -0.480 e. The van der Waals surface area contributed by atoms with E-state index in [1.165, 1.54) is 0 Å². The Morgan fingerprint density at radius 1 is 1.54 bits per heavy atom. The van der Waals surface area contributed by atoms with E-state index in [1.54, 1.807) is 0 Å². The second-order valence-corrected chi connectivity index (χ2v) is 3.29. The van der Waals surface area contributed by atoms with Crippen molar-refractivity contribution in [2.75, 3.05) is 0 Å². The van der Waals surface area contributed by atoms with Crippen LogP contribution in [-0.4, -0.2) is 23.1 Å². The largest absolute Gasteiger partial charge is 0.480 e. The molecule has 4 nitrogen and oxygen atoms in total. The van der Waals surface area contributed by atoms with E-state index >= 15 is 0 Å². The number of ether oxygens (including phenoxy) is 1. The maximum atomic E-state index is 10.7. The third kappa shape index (κ3) is 2.20. The Morgan fingerprint density at radius 2 is 2.23 bits per heavy atom. The van der Waals surface area contributed by atoms with Crippen molar-refractivity contribution in [3.05, 3.63) is 0 Å². The molecule has 0 aromatic carbocycles. The monoisotopic (exact) mass is 186 g/mol. The molecular formula is C9H14O4. The van der Waals surface area contributed by atoms with Crippen molar-refractivity contribution < 1.29 is 19.4 Å². The van der Waals surface area contributed by atoms with Crippen molar-refractivity contribution >= 4 is 11.9 Å². The van der Waals surface area contributed by atoms with Crippen molar-refractivity contribution in [3.63, 3.8) is 0 Å². The van der Waals surface area contributed by atoms with Crippen LogP contribution in [0.2, 0.25) is 0 Å². The summed E-state index contributed by atoms with van der Waals surface area (Å²) in [4.78, 5) is 21.2. The van der Waals surface area contributed by atoms with Gasteiger partial charge >= 0.3 is 11.9 Å². The van der Waals surface area contributed by atoms with E-state index in [1.807, 2.05) is 0 Å². The molecule has 2 atom stereocenters. The maximum absolute atomic E-state index is 10.7. The van der Waals surface area contributed by atoms with E-state index in [0.717, 1.165) is 19.3 Å². The molecule has 0 radical (unpaired) electrons. The lowest BCUT2D eigenvalue weighted by molar-refractivity contribution is -0.193. The van der Waals surface area contributed by atoms with Gasteiger partial charge in [-0.3, -0.25) is 9.59 Å². The van der Waals surface area contributed by atoms with Crippen molar-refractivity contribution in [1.82, 2.24) is 0 Å². The zero-order valence-electron chi connectivity index (χ0n) is 7.66. The standard InChI is InChI=1S/C9H14O4/c1-2-3-4-5-6-7(8(10)11)9(12)13-6/h6-7H,2-5H2,1H3,(H,10,11). The smallest absolute Gasteiger partial charge is 0.324 e. The number of unbranched alkanes of at least 4 members (excludes halogenated alkanes) is 2. The van der Waals surface area contributed by atoms with Gasteiger partial charge < -0.3 is 9.84 Å². The van der Waals surface area contributed by atoms with Crippen LogP contribution < -0.4 is 0 Å². The van der Waals surface area contributed by atoms with Gasteiger partial charge in [0, 0.05) is 0 Å². The van der Waals surface area contributed by atoms with Crippen molar-refractivity contribution in [2.45, 2.75) is 38.7 Å². The first-order valence-corrected chi connectivity index (χ1v) is 4.60. The van der Waals surface area contributed by atoms with Gasteiger partial charge in [-0.2, -0.15) is 0 Å². The fourth-order valence-electron chi connectivity index (χ4n) is 1.45. The first-order chi connectivity index (χ1) is 6.16. The summed E-state index contributed by atoms with van der Waals surface area (Å²) in [6, 6.07) is 0. The number of cyclic esters (lactones) is 1. The molecule has 0 aliphatic carbocycles. The Hall–Kier alpha value is -1.06. The number of hydrogen-bond donors (Lipinski definition) is 1. The zero-order chi connectivity index (χ0) is 9.84. The molecular weight excluding hydrogens is 172 g/mol. The Labute approximate surface area is 76.9 Å². The first kappa shape index (κ1) is 10.0. The summed E-state index contributed by atoms with van der Waals surface area (Å²) < 4.78 is 4.74. The summed E-state index contributed by atoms with van der Waals surface area (Å²) in [5.74, 6) is -2.55. The highest BCUT2D eigenvalue weighted by atomic mass is 16.6. The second-order valence-electron chi connectivity index (χ2n) is 3.29. The number of carbonyl (C=O) groups is 2. The highest BCUT2D eigenvalue weighted by molar-refractivity contribution is 5.98. The van der Waals surface area contributed by atoms with E-state index in [9.17, 15) is 9.59 Å². The van der Waals surface area contributed by atoms with Gasteiger partial charge in [0.25, 0.3) is 0 Å². The van der Waals surface area contributed by atoms with Crippen LogP contribution in [0.15, 0.2) is 0 Å². The molecule has 0 spiro atoms. The van der Waals surface area contributed by atoms with Gasteiger partial charge in [0.05, 0.1) is 0 Å². The molecule has 0 bridgehead atoms. The van der Waals surface area contributed by atoms with Crippen LogP contribution in [0, 0.1) is 5.92 Å². The average molecular weight is 186 g/mol. The Kier molecular flexibility index (Phi) is 3.28. The molecule has 1 fully saturated rings. The minimum atomic E-state index is -1.06. The lowest BCUT2D eigenvalue weighted by Gasteiger charge is -2.32. The Morgan fingerprint density at radius 3 is 2.69 bits per heavy atom. The van der Waals surface area contributed by atoms with Gasteiger partial charge in [-0.1, -0.05) is 19.8 Å². The van der Waals surface area contributed by atoms with E-state index in [0.29, 0.717) is 6.42 Å². The molecule has 4 heteroatoms. The third-order valence-electron chi connectivity index (χ3n) is 2.25. The summed E-state index contributed by atoms with van der Waals surface area (Å²) in [5, 5.41) is 8.63. The molecule has 1 aliphatic heterocycles. The summed E-state index contributed by atoms with van der Waals surface area (Å²) in [6.45, 7) is 2.07. The summed E-state index contributed by atoms with van der Waals surface area (Å²) >= 11 is 0. The summed E-state index contributed by atoms with van der Waals surface area (Å²) in [6.07, 6.45) is 3.37. The van der Waals surface area contributed by atoms with Crippen LogP contribution in [0.4, 0.5) is 0 Å². The van der Waals surface area contributed by atoms with E-state index < -0.39 is 17.9 Å². The number of carbonyl (C=O) groups excluding carboxylic acids is 1. The lowest BCUT2D eigenvalue weighted by Crippen LogP contribution is -2.49. The first-order valence-electron chi connectivity index (χ1n) is 4.60. The fraction of sp³-hybridized carbons (Fsp3) is 0.778. The molecule has 0 saturated carbocycles. The summed E-state index contributed by atoms with van der Waals surface area (Å²) in [5.41, 5.74) is 0. The molecule has 1 N–H and O–H groups in total. The van der Waals surface area contributed by atoms with Crippen molar-refractivity contribution in [1.29, 1.82) is 0 Å². The predicted octanol–water partition coefficient (Wildman–Crippen LogP) is 1.19. The zero-order valence-corrected chi connectivity index (χ0v) is 7.66. The van der Waals surface area contributed by atoms with Gasteiger partial charge in [-0.15, -0.1) is 0 Å². The fourth-order valence-corrected chi connectivity index (χ4v) is 1.45. The van der Waals surface area contributed by atoms with Gasteiger partial charge in [0.1, 0.15) is 6.10 Å². The van der Waals surface area contributed by atoms with Gasteiger partial charge in [0.15, 0.2) is 5.92 Å². The molecule has 0 amide bonds. The molecule has 13 heavy (non-hydrogen) atoms. The van der Waals surface area contributed by atoms with Crippen LogP contribution >= 0.6 is 0 Å². The van der Waals surface area contributed by atoms with Crippen LogP contribution in [-0.2, 0) is 14.3 Å². The van der Waals surface area contributed by atoms with E-state index in [4.69, 9.17) is 9.84 Å². The highest BCUT2D eigenvalue weighted by Gasteiger charge is 2.47. The van der Waals surface area contributed by atoms with Gasteiger partial charge in [0.2, 0.25) is 0 Å². The van der Waals surface area contributed by atoms with Crippen molar-refractivity contribution in [2.24, 2.45) is 5.92 Å². The number of rotatable bonds is 5. The number of aliphatic carboxylic acids is 1. The van der Waals surface area contributed by atoms with E-state index in [-0.39, 0.29) is 6.10 Å². The average Bonchev–Trinajstić information content (AvgIpc) is 2.01. The van der Waals surface area contributed by atoms with Crippen molar-refractivity contribution in [3.8, 4) is 0 Å². The highest BCUT2D eigenvalue weighted by Crippen LogP contribution is 2.26. The lowest BCUT2D eigenvalue weighted by atomic mass is 9.92. The predicted molar refractivity (Wildman–Crippen MR) is 45.1 cm³/mol. The second kappa shape index (κ2) is 4.25. The molecule has 1 aliphatic rings. The molecule has 0 aromatic rings. The Bertz CT molecular complexity index is 204. The van der Waals surface area contributed by atoms with Gasteiger partial charge in [-0.25, -0.2) is 0 Å². The SMILES string of the molecule is CCCCCC1OC(=O)C1C(=O)O. The normalized spacial score (nSPS) is 26.4. The number of carboxylic acids is 1. The molecule has 0 aromatic heterocycles. The molecule has 2 unspecified atom stereocenters. The van der Waals surface area contributed by atoms with E-state index in [2.05, 4.69) is 6.92 Å². The van der Waals surface area contributed by atoms with Crippen LogP contribution in [0.3, 0.4) is 0 Å². The Balaban J connectivity index is 2.28. The number of carboxylic acid groups (broad SMARTS) is 1. The number of esters is 1. The van der Waals surface area contributed by atoms with Gasteiger partial charge in [-0.05, 0) is 12.8 Å². The summed E-state index contributed by atoms with van der Waals surface area (Å²) in [7, 11) is 0. The minimum absolute atomic E-state index is 0.378. The van der Waals surface area contributed by atoms with Crippen LogP contribution in [0.1, 0.15) is 32.6 Å².